The molecular weight excluding hydrogens is 432 g/mol. The summed E-state index contributed by atoms with van der Waals surface area (Å²) >= 11 is 3.49. The van der Waals surface area contributed by atoms with Crippen LogP contribution in [0.15, 0.2) is 102 Å². The van der Waals surface area contributed by atoms with E-state index in [1.807, 2.05) is 4.99 Å². The molecule has 3 aromatic rings. The summed E-state index contributed by atoms with van der Waals surface area (Å²) in [6.45, 7) is 2.25. The fourth-order valence-electron chi connectivity index (χ4n) is 4.00. The minimum Gasteiger partial charge on any atom is -0.354 e. The summed E-state index contributed by atoms with van der Waals surface area (Å²) < 4.78 is 7.10. The second kappa shape index (κ2) is 11.9. The van der Waals surface area contributed by atoms with Crippen molar-refractivity contribution < 1.29 is 4.74 Å². The Bertz CT molecular complexity index is 778. The lowest BCUT2D eigenvalue weighted by Gasteiger charge is -2.38. The predicted molar refractivity (Wildman–Crippen MR) is 131 cm³/mol. The zero-order valence-electron chi connectivity index (χ0n) is 17.7. The van der Waals surface area contributed by atoms with Gasteiger partial charge in [0.1, 0.15) is 5.60 Å². The zero-order chi connectivity index (χ0) is 21.1. The van der Waals surface area contributed by atoms with Gasteiger partial charge in [0.25, 0.3) is 0 Å². The Morgan fingerprint density at radius 2 is 1.20 bits per heavy atom. The van der Waals surface area contributed by atoms with Crippen LogP contribution in [-0.2, 0) is 10.3 Å². The summed E-state index contributed by atoms with van der Waals surface area (Å²) in [6.07, 6.45) is 8.03. The van der Waals surface area contributed by atoms with Gasteiger partial charge in [-0.1, -0.05) is 140 Å². The van der Waals surface area contributed by atoms with Crippen LogP contribution in [0.25, 0.3) is 0 Å². The Kier molecular flexibility index (Phi) is 8.92. The molecule has 3 aromatic carbocycles. The SMILES string of the molecule is CCCCCCC(C=CBr)OC(c1ccccc1)(c1ccccc1)c1ccccc1. The zero-order valence-corrected chi connectivity index (χ0v) is 19.3. The summed E-state index contributed by atoms with van der Waals surface area (Å²) in [4.78, 5) is 1.93. The number of ether oxygens (including phenoxy) is 1. The molecule has 0 aliphatic carbocycles. The Morgan fingerprint density at radius 3 is 1.60 bits per heavy atom. The van der Waals surface area contributed by atoms with E-state index < -0.39 is 5.60 Å². The van der Waals surface area contributed by atoms with Crippen LogP contribution in [0.4, 0.5) is 0 Å². The summed E-state index contributed by atoms with van der Waals surface area (Å²) in [5.74, 6) is 0. The maximum Gasteiger partial charge on any atom is 0.144 e. The minimum absolute atomic E-state index is 0.00171. The van der Waals surface area contributed by atoms with Crippen molar-refractivity contribution in [2.24, 2.45) is 0 Å². The van der Waals surface area contributed by atoms with Crippen molar-refractivity contribution in [3.05, 3.63) is 119 Å². The van der Waals surface area contributed by atoms with Crippen molar-refractivity contribution in [1.82, 2.24) is 0 Å². The summed E-state index contributed by atoms with van der Waals surface area (Å²) in [6, 6.07) is 31.8. The van der Waals surface area contributed by atoms with E-state index in [4.69, 9.17) is 4.74 Å². The highest BCUT2D eigenvalue weighted by molar-refractivity contribution is 9.11. The van der Waals surface area contributed by atoms with Crippen LogP contribution < -0.4 is 0 Å². The molecule has 0 N–H and O–H groups in total. The Hall–Kier alpha value is -2.16. The molecule has 1 atom stereocenters. The van der Waals surface area contributed by atoms with Gasteiger partial charge in [-0.05, 0) is 34.2 Å². The highest BCUT2D eigenvalue weighted by Crippen LogP contribution is 2.42. The molecule has 1 nitrogen and oxygen atoms in total. The van der Waals surface area contributed by atoms with Crippen LogP contribution in [0, 0.1) is 0 Å². The molecule has 0 aromatic heterocycles. The topological polar surface area (TPSA) is 9.23 Å². The first-order valence-corrected chi connectivity index (χ1v) is 11.8. The predicted octanol–water partition coefficient (Wildman–Crippen LogP) is 8.24. The summed E-state index contributed by atoms with van der Waals surface area (Å²) in [5, 5.41) is 0. The molecule has 0 amide bonds. The van der Waals surface area contributed by atoms with E-state index in [1.54, 1.807) is 0 Å². The van der Waals surface area contributed by atoms with Gasteiger partial charge in [-0.25, -0.2) is 0 Å². The molecule has 0 saturated carbocycles. The molecule has 0 heterocycles. The molecule has 1 unspecified atom stereocenters. The van der Waals surface area contributed by atoms with Gasteiger partial charge >= 0.3 is 0 Å². The smallest absolute Gasteiger partial charge is 0.144 e. The van der Waals surface area contributed by atoms with Crippen molar-refractivity contribution in [3.63, 3.8) is 0 Å². The lowest BCUT2D eigenvalue weighted by atomic mass is 9.79. The number of unbranched alkanes of at least 4 members (excludes halogenated alkanes) is 3. The minimum atomic E-state index is -0.675. The molecular formula is C28H31BrO. The quantitative estimate of drug-likeness (QED) is 0.206. The monoisotopic (exact) mass is 462 g/mol. The third-order valence-electron chi connectivity index (χ3n) is 5.50. The highest BCUT2D eigenvalue weighted by atomic mass is 79.9. The first-order valence-electron chi connectivity index (χ1n) is 10.9. The van der Waals surface area contributed by atoms with Crippen molar-refractivity contribution in [1.29, 1.82) is 0 Å². The number of hydrogen-bond donors (Lipinski definition) is 0. The standard InChI is InChI=1S/C28H31BrO/c1-2-3-4-14-21-27(22-23-29)30-28(24-15-8-5-9-16-24,25-17-10-6-11-18-25)26-19-12-7-13-20-26/h5-13,15-20,22-23,27H,2-4,14,21H2,1H3. The third-order valence-corrected chi connectivity index (χ3v) is 5.80. The third kappa shape index (κ3) is 5.50. The molecule has 0 aliphatic heterocycles. The van der Waals surface area contributed by atoms with Crippen molar-refractivity contribution in [2.45, 2.75) is 50.7 Å². The van der Waals surface area contributed by atoms with E-state index in [0.717, 1.165) is 29.5 Å². The first kappa shape index (κ1) is 22.5. The maximum absolute atomic E-state index is 7.10. The van der Waals surface area contributed by atoms with Gasteiger partial charge < -0.3 is 4.74 Å². The van der Waals surface area contributed by atoms with Crippen LogP contribution in [-0.4, -0.2) is 6.10 Å². The fraction of sp³-hybridized carbons (Fsp3) is 0.286. The van der Waals surface area contributed by atoms with Crippen molar-refractivity contribution in [2.75, 3.05) is 0 Å². The first-order chi connectivity index (χ1) is 14.8. The van der Waals surface area contributed by atoms with E-state index in [1.165, 1.54) is 19.3 Å². The summed E-state index contributed by atoms with van der Waals surface area (Å²) in [5.41, 5.74) is 2.75. The van der Waals surface area contributed by atoms with Crippen LogP contribution in [0.1, 0.15) is 55.7 Å². The van der Waals surface area contributed by atoms with E-state index in [2.05, 4.69) is 120 Å². The highest BCUT2D eigenvalue weighted by Gasteiger charge is 2.39. The van der Waals surface area contributed by atoms with Gasteiger partial charge in [-0.15, -0.1) is 0 Å². The maximum atomic E-state index is 7.10. The molecule has 0 saturated heterocycles. The lowest BCUT2D eigenvalue weighted by molar-refractivity contribution is -0.0285. The van der Waals surface area contributed by atoms with E-state index in [-0.39, 0.29) is 6.10 Å². The number of benzene rings is 3. The van der Waals surface area contributed by atoms with Gasteiger partial charge in [-0.2, -0.15) is 0 Å². The molecule has 156 valence electrons. The average Bonchev–Trinajstić information content (AvgIpc) is 2.82. The normalized spacial score (nSPS) is 12.9. The van der Waals surface area contributed by atoms with E-state index in [0.29, 0.717) is 0 Å². The number of rotatable bonds is 11. The van der Waals surface area contributed by atoms with Gasteiger partial charge in [0.15, 0.2) is 0 Å². The average molecular weight is 463 g/mol. The fourth-order valence-corrected chi connectivity index (χ4v) is 4.34. The van der Waals surface area contributed by atoms with E-state index >= 15 is 0 Å². The van der Waals surface area contributed by atoms with Crippen LogP contribution >= 0.6 is 15.9 Å². The van der Waals surface area contributed by atoms with Gasteiger partial charge in [0.05, 0.1) is 6.10 Å². The second-order valence-corrected chi connectivity index (χ2v) is 8.13. The largest absolute Gasteiger partial charge is 0.354 e. The molecule has 0 bridgehead atoms. The Balaban J connectivity index is 2.10. The molecule has 3 rings (SSSR count). The Morgan fingerprint density at radius 1 is 0.733 bits per heavy atom. The Labute approximate surface area is 189 Å². The van der Waals surface area contributed by atoms with Crippen LogP contribution in [0.5, 0.6) is 0 Å². The second-order valence-electron chi connectivity index (χ2n) is 7.60. The molecule has 2 heteroatoms. The molecule has 0 aliphatic rings. The van der Waals surface area contributed by atoms with E-state index in [9.17, 15) is 0 Å². The molecule has 0 radical (unpaired) electrons. The summed E-state index contributed by atoms with van der Waals surface area (Å²) in [7, 11) is 0. The van der Waals surface area contributed by atoms with Crippen LogP contribution in [0.3, 0.4) is 0 Å². The van der Waals surface area contributed by atoms with Crippen LogP contribution in [0.2, 0.25) is 0 Å². The molecule has 0 fully saturated rings. The van der Waals surface area contributed by atoms with Crippen molar-refractivity contribution >= 4 is 15.9 Å². The lowest BCUT2D eigenvalue weighted by Crippen LogP contribution is -2.36. The molecule has 30 heavy (non-hydrogen) atoms. The number of halogens is 1. The molecule has 0 spiro atoms. The number of hydrogen-bond acceptors (Lipinski definition) is 1. The van der Waals surface area contributed by atoms with Gasteiger partial charge in [-0.3, -0.25) is 0 Å². The van der Waals surface area contributed by atoms with Gasteiger partial charge in [0, 0.05) is 0 Å². The van der Waals surface area contributed by atoms with Gasteiger partial charge in [0.2, 0.25) is 0 Å². The van der Waals surface area contributed by atoms with Crippen molar-refractivity contribution in [3.8, 4) is 0 Å².